The molecule has 2 fully saturated rings. The number of halogens is 3. The second-order valence-corrected chi connectivity index (χ2v) is 7.66. The molecule has 1 aromatic carbocycles. The van der Waals surface area contributed by atoms with Crippen molar-refractivity contribution in [3.8, 4) is 5.75 Å². The summed E-state index contributed by atoms with van der Waals surface area (Å²) in [6.07, 6.45) is 2.57. The van der Waals surface area contributed by atoms with Gasteiger partial charge in [-0.3, -0.25) is 4.79 Å². The molecule has 0 aliphatic carbocycles. The number of ether oxygens (including phenoxy) is 1. The quantitative estimate of drug-likeness (QED) is 0.658. The lowest BCUT2D eigenvalue weighted by molar-refractivity contribution is -0.138. The van der Waals surface area contributed by atoms with E-state index < -0.39 is 17.6 Å². The van der Waals surface area contributed by atoms with Gasteiger partial charge < -0.3 is 14.5 Å². The molecule has 156 valence electrons. The predicted molar refractivity (Wildman–Crippen MR) is 102 cm³/mol. The number of nitrogens with zero attached hydrogens (tertiary/aromatic N) is 2. The molecule has 7 heteroatoms. The Kier molecular flexibility index (Phi) is 7.21. The van der Waals surface area contributed by atoms with E-state index in [0.717, 1.165) is 51.4 Å². The van der Waals surface area contributed by atoms with Gasteiger partial charge >= 0.3 is 6.18 Å². The van der Waals surface area contributed by atoms with Gasteiger partial charge in [0, 0.05) is 19.6 Å². The maximum Gasteiger partial charge on any atom is 0.417 e. The highest BCUT2D eigenvalue weighted by Gasteiger charge is 2.37. The number of amides is 1. The molecule has 0 spiro atoms. The molecule has 2 saturated heterocycles. The second-order valence-electron chi connectivity index (χ2n) is 7.66. The van der Waals surface area contributed by atoms with Gasteiger partial charge in [0.15, 0.2) is 0 Å². The lowest BCUT2D eigenvalue weighted by atomic mass is 10.0. The average molecular weight is 398 g/mol. The molecule has 1 amide bonds. The van der Waals surface area contributed by atoms with Gasteiger partial charge in [0.25, 0.3) is 5.91 Å². The first-order chi connectivity index (χ1) is 13.4. The van der Waals surface area contributed by atoms with Crippen molar-refractivity contribution in [1.29, 1.82) is 0 Å². The number of alkyl halides is 3. The molecular weight excluding hydrogens is 369 g/mol. The molecule has 0 atom stereocenters. The third-order valence-electron chi connectivity index (χ3n) is 5.51. The fourth-order valence-corrected chi connectivity index (χ4v) is 3.96. The van der Waals surface area contributed by atoms with E-state index in [-0.39, 0.29) is 11.3 Å². The van der Waals surface area contributed by atoms with Crippen LogP contribution < -0.4 is 4.74 Å². The Hall–Kier alpha value is -1.76. The summed E-state index contributed by atoms with van der Waals surface area (Å²) in [6.45, 7) is 4.48. The minimum Gasteiger partial charge on any atom is -0.494 e. The number of carbonyl (C=O) groups is 1. The van der Waals surface area contributed by atoms with Crippen molar-refractivity contribution in [2.24, 2.45) is 0 Å². The van der Waals surface area contributed by atoms with E-state index in [4.69, 9.17) is 4.74 Å². The standard InChI is InChI=1S/C21H29F3N2O2/c22-21(23,24)19-16-17(28-15-7-12-25-10-3-1-4-11-25)8-9-18(19)20(27)26-13-5-2-6-14-26/h8-9,16H,1-7,10-15H2. The third-order valence-corrected chi connectivity index (χ3v) is 5.51. The van der Waals surface area contributed by atoms with Gasteiger partial charge in [-0.25, -0.2) is 0 Å². The molecule has 2 aliphatic heterocycles. The van der Waals surface area contributed by atoms with Crippen LogP contribution in [0.25, 0.3) is 0 Å². The Bertz CT molecular complexity index is 652. The van der Waals surface area contributed by atoms with Gasteiger partial charge in [-0.15, -0.1) is 0 Å². The summed E-state index contributed by atoms with van der Waals surface area (Å²) >= 11 is 0. The van der Waals surface area contributed by atoms with Crippen molar-refractivity contribution in [3.05, 3.63) is 29.3 Å². The summed E-state index contributed by atoms with van der Waals surface area (Å²) in [7, 11) is 0. The van der Waals surface area contributed by atoms with Crippen molar-refractivity contribution in [1.82, 2.24) is 9.80 Å². The van der Waals surface area contributed by atoms with Gasteiger partial charge in [0.2, 0.25) is 0 Å². The zero-order valence-corrected chi connectivity index (χ0v) is 16.3. The topological polar surface area (TPSA) is 32.8 Å². The fraction of sp³-hybridized carbons (Fsp3) is 0.667. The molecule has 0 N–H and O–H groups in total. The van der Waals surface area contributed by atoms with Crippen molar-refractivity contribution in [3.63, 3.8) is 0 Å². The lowest BCUT2D eigenvalue weighted by Gasteiger charge is -2.28. The van der Waals surface area contributed by atoms with E-state index in [0.29, 0.717) is 19.7 Å². The van der Waals surface area contributed by atoms with Crippen LogP contribution in [0.4, 0.5) is 13.2 Å². The first-order valence-corrected chi connectivity index (χ1v) is 10.3. The van der Waals surface area contributed by atoms with Crippen LogP contribution in [0.3, 0.4) is 0 Å². The van der Waals surface area contributed by atoms with Crippen LogP contribution in [0, 0.1) is 0 Å². The molecule has 1 aromatic rings. The van der Waals surface area contributed by atoms with Gasteiger partial charge in [-0.05, 0) is 69.8 Å². The van der Waals surface area contributed by atoms with E-state index in [9.17, 15) is 18.0 Å². The second kappa shape index (κ2) is 9.63. The van der Waals surface area contributed by atoms with Gasteiger partial charge in [-0.2, -0.15) is 13.2 Å². The summed E-state index contributed by atoms with van der Waals surface area (Å²) in [5, 5.41) is 0. The maximum absolute atomic E-state index is 13.6. The fourth-order valence-electron chi connectivity index (χ4n) is 3.96. The Balaban J connectivity index is 1.62. The first kappa shape index (κ1) is 21.0. The van der Waals surface area contributed by atoms with Crippen LogP contribution in [0.1, 0.15) is 60.9 Å². The Morgan fingerprint density at radius 1 is 0.964 bits per heavy atom. The molecule has 4 nitrogen and oxygen atoms in total. The van der Waals surface area contributed by atoms with Crippen molar-refractivity contribution >= 4 is 5.91 Å². The molecule has 0 unspecified atom stereocenters. The largest absolute Gasteiger partial charge is 0.494 e. The van der Waals surface area contributed by atoms with Crippen molar-refractivity contribution in [2.45, 2.75) is 51.1 Å². The number of piperidine rings is 2. The molecule has 2 heterocycles. The number of likely N-dealkylation sites (tertiary alicyclic amines) is 2. The van der Waals surface area contributed by atoms with Crippen molar-refractivity contribution in [2.75, 3.05) is 39.3 Å². The van der Waals surface area contributed by atoms with Gasteiger partial charge in [0.1, 0.15) is 5.75 Å². The van der Waals surface area contributed by atoms with Crippen LogP contribution >= 0.6 is 0 Å². The smallest absolute Gasteiger partial charge is 0.417 e. The lowest BCUT2D eigenvalue weighted by Crippen LogP contribution is -2.36. The molecular formula is C21H29F3N2O2. The highest BCUT2D eigenvalue weighted by Crippen LogP contribution is 2.35. The molecule has 0 bridgehead atoms. The normalized spacial score (nSPS) is 18.9. The summed E-state index contributed by atoms with van der Waals surface area (Å²) < 4.78 is 46.2. The number of hydrogen-bond donors (Lipinski definition) is 0. The van der Waals surface area contributed by atoms with E-state index in [1.807, 2.05) is 0 Å². The van der Waals surface area contributed by atoms with Crippen LogP contribution in [0.2, 0.25) is 0 Å². The minimum atomic E-state index is -4.59. The van der Waals surface area contributed by atoms with E-state index in [2.05, 4.69) is 4.90 Å². The summed E-state index contributed by atoms with van der Waals surface area (Å²) in [5.74, 6) is -0.371. The molecule has 0 aromatic heterocycles. The first-order valence-electron chi connectivity index (χ1n) is 10.3. The number of hydrogen-bond acceptors (Lipinski definition) is 3. The summed E-state index contributed by atoms with van der Waals surface area (Å²) in [4.78, 5) is 16.5. The molecule has 28 heavy (non-hydrogen) atoms. The number of rotatable bonds is 6. The van der Waals surface area contributed by atoms with Crippen molar-refractivity contribution < 1.29 is 22.7 Å². The van der Waals surface area contributed by atoms with Crippen LogP contribution in [0.15, 0.2) is 18.2 Å². The predicted octanol–water partition coefficient (Wildman–Crippen LogP) is 4.59. The number of benzene rings is 1. The zero-order chi connectivity index (χ0) is 20.0. The van der Waals surface area contributed by atoms with Gasteiger partial charge in [0.05, 0.1) is 17.7 Å². The van der Waals surface area contributed by atoms with Crippen LogP contribution in [-0.2, 0) is 6.18 Å². The van der Waals surface area contributed by atoms with E-state index in [1.54, 1.807) is 0 Å². The summed E-state index contributed by atoms with van der Waals surface area (Å²) in [6, 6.07) is 3.71. The molecule has 3 rings (SSSR count). The highest BCUT2D eigenvalue weighted by atomic mass is 19.4. The molecule has 0 radical (unpaired) electrons. The van der Waals surface area contributed by atoms with Gasteiger partial charge in [-0.1, -0.05) is 6.42 Å². The summed E-state index contributed by atoms with van der Waals surface area (Å²) in [5.41, 5.74) is -1.19. The minimum absolute atomic E-state index is 0.168. The van der Waals surface area contributed by atoms with Crippen LogP contribution in [0.5, 0.6) is 5.75 Å². The molecule has 0 saturated carbocycles. The SMILES string of the molecule is O=C(c1ccc(OCCCN2CCCCC2)cc1C(F)(F)F)N1CCCCC1. The van der Waals surface area contributed by atoms with E-state index in [1.165, 1.54) is 36.3 Å². The highest BCUT2D eigenvalue weighted by molar-refractivity contribution is 5.96. The average Bonchev–Trinajstić information content (AvgIpc) is 2.71. The number of carbonyl (C=O) groups excluding carboxylic acids is 1. The zero-order valence-electron chi connectivity index (χ0n) is 16.3. The third kappa shape index (κ3) is 5.63. The Morgan fingerprint density at radius 2 is 1.61 bits per heavy atom. The Morgan fingerprint density at radius 3 is 2.25 bits per heavy atom. The van der Waals surface area contributed by atoms with Crippen LogP contribution in [-0.4, -0.2) is 55.0 Å². The van der Waals surface area contributed by atoms with E-state index >= 15 is 0 Å². The monoisotopic (exact) mass is 398 g/mol. The molecule has 2 aliphatic rings. The maximum atomic E-state index is 13.6. The Labute approximate surface area is 164 Å².